The molecule has 0 unspecified atom stereocenters. The highest BCUT2D eigenvalue weighted by molar-refractivity contribution is 9.10. The Bertz CT molecular complexity index is 1330. The van der Waals surface area contributed by atoms with E-state index < -0.39 is 43.3 Å². The molecule has 0 saturated carbocycles. The van der Waals surface area contributed by atoms with Gasteiger partial charge in [0.2, 0.25) is 5.91 Å². The number of carbonyl (C=O) groups excluding carboxylic acids is 2. The molecule has 1 saturated heterocycles. The Morgan fingerprint density at radius 3 is 2.76 bits per heavy atom. The topological polar surface area (TPSA) is 133 Å². The van der Waals surface area contributed by atoms with E-state index in [0.717, 1.165) is 16.0 Å². The number of alkyl halides is 2. The summed E-state index contributed by atoms with van der Waals surface area (Å²) in [6, 6.07) is 7.83. The van der Waals surface area contributed by atoms with Crippen LogP contribution in [0.25, 0.3) is 11.4 Å². The van der Waals surface area contributed by atoms with E-state index in [9.17, 15) is 18.4 Å². The summed E-state index contributed by atoms with van der Waals surface area (Å²) in [7, 11) is 0. The number of aromatic amines is 1. The fourth-order valence-electron chi connectivity index (χ4n) is 3.49. The molecule has 0 bridgehead atoms. The average Bonchev–Trinajstić information content (AvgIpc) is 3.48. The highest BCUT2D eigenvalue weighted by atomic mass is 79.9. The Morgan fingerprint density at radius 2 is 2.12 bits per heavy atom. The van der Waals surface area contributed by atoms with E-state index in [1.807, 2.05) is 24.3 Å². The summed E-state index contributed by atoms with van der Waals surface area (Å²) in [6.45, 7) is -1.01. The fraction of sp³-hybridized carbons (Fsp3) is 0.300. The number of nitrogens with zero attached hydrogens (tertiary/aromatic N) is 5. The Kier molecular flexibility index (Phi) is 6.58. The predicted octanol–water partition coefficient (Wildman–Crippen LogP) is 2.90. The van der Waals surface area contributed by atoms with Gasteiger partial charge in [-0.3, -0.25) is 14.3 Å². The van der Waals surface area contributed by atoms with E-state index in [1.54, 1.807) is 6.07 Å². The minimum atomic E-state index is -3.12. The van der Waals surface area contributed by atoms with Crippen molar-refractivity contribution in [2.45, 2.75) is 24.9 Å². The molecule has 10 nitrogen and oxygen atoms in total. The Balaban J connectivity index is 1.37. The minimum absolute atomic E-state index is 0.108. The molecule has 176 valence electrons. The molecule has 1 aromatic carbocycles. The molecule has 1 aliphatic rings. The molecular weight excluding hydrogens is 536 g/mol. The first-order chi connectivity index (χ1) is 16.1. The first-order valence-corrected chi connectivity index (χ1v) is 11.1. The van der Waals surface area contributed by atoms with Crippen LogP contribution < -0.4 is 5.32 Å². The van der Waals surface area contributed by atoms with Gasteiger partial charge in [0.1, 0.15) is 10.6 Å². The monoisotopic (exact) mass is 551 g/mol. The Labute approximate surface area is 204 Å². The SMILES string of the molecule is N#C[C@@H]1CC(F)(F)CN1C(=O)CNC(=O)c1cn(Cc2ccc(-c3nc(=S)o[nH]3)cc2)nc1Br. The first kappa shape index (κ1) is 23.7. The number of hydrogen-bond donors (Lipinski definition) is 2. The van der Waals surface area contributed by atoms with Crippen LogP contribution in [0.3, 0.4) is 0 Å². The fourth-order valence-corrected chi connectivity index (χ4v) is 4.10. The molecule has 2 N–H and O–H groups in total. The van der Waals surface area contributed by atoms with Gasteiger partial charge in [-0.15, -0.1) is 0 Å². The number of likely N-dealkylation sites (tertiary alicyclic amines) is 1. The van der Waals surface area contributed by atoms with Crippen LogP contribution in [0.4, 0.5) is 8.78 Å². The number of halogens is 3. The van der Waals surface area contributed by atoms with E-state index in [1.165, 1.54) is 10.9 Å². The molecule has 14 heteroatoms. The second-order valence-electron chi connectivity index (χ2n) is 7.57. The summed E-state index contributed by atoms with van der Waals surface area (Å²) in [5, 5.41) is 18.3. The molecule has 0 aliphatic carbocycles. The third-order valence-electron chi connectivity index (χ3n) is 5.11. The molecule has 0 spiro atoms. The third-order valence-corrected chi connectivity index (χ3v) is 5.87. The second kappa shape index (κ2) is 9.43. The van der Waals surface area contributed by atoms with Gasteiger partial charge >= 0.3 is 4.84 Å². The average molecular weight is 552 g/mol. The van der Waals surface area contributed by atoms with Crippen LogP contribution in [0.5, 0.6) is 0 Å². The van der Waals surface area contributed by atoms with Gasteiger partial charge in [-0.05, 0) is 33.7 Å². The van der Waals surface area contributed by atoms with Crippen LogP contribution in [0.15, 0.2) is 39.6 Å². The number of carbonyl (C=O) groups is 2. The van der Waals surface area contributed by atoms with Crippen molar-refractivity contribution < 1.29 is 22.9 Å². The molecule has 3 heterocycles. The summed E-state index contributed by atoms with van der Waals surface area (Å²) in [5.41, 5.74) is 1.84. The van der Waals surface area contributed by atoms with Gasteiger partial charge < -0.3 is 14.7 Å². The van der Waals surface area contributed by atoms with Crippen molar-refractivity contribution in [2.75, 3.05) is 13.1 Å². The molecule has 1 atom stereocenters. The number of amides is 2. The van der Waals surface area contributed by atoms with E-state index >= 15 is 0 Å². The second-order valence-corrected chi connectivity index (χ2v) is 8.67. The van der Waals surface area contributed by atoms with E-state index in [0.29, 0.717) is 12.4 Å². The third kappa shape index (κ3) is 5.20. The first-order valence-electron chi connectivity index (χ1n) is 9.88. The number of benzene rings is 1. The summed E-state index contributed by atoms with van der Waals surface area (Å²) < 4.78 is 33.8. The molecule has 3 aromatic rings. The number of nitriles is 1. The van der Waals surface area contributed by atoms with Crippen LogP contribution in [0, 0.1) is 16.2 Å². The molecule has 4 rings (SSSR count). The minimum Gasteiger partial charge on any atom is -0.348 e. The van der Waals surface area contributed by atoms with Gasteiger partial charge in [-0.25, -0.2) is 13.9 Å². The molecule has 1 fully saturated rings. The van der Waals surface area contributed by atoms with Crippen LogP contribution in [0.1, 0.15) is 22.3 Å². The summed E-state index contributed by atoms with van der Waals surface area (Å²) in [4.78, 5) is 29.7. The lowest BCUT2D eigenvalue weighted by molar-refractivity contribution is -0.131. The van der Waals surface area contributed by atoms with Gasteiger partial charge in [0.25, 0.3) is 11.8 Å². The van der Waals surface area contributed by atoms with Gasteiger partial charge in [-0.1, -0.05) is 24.3 Å². The highest BCUT2D eigenvalue weighted by Gasteiger charge is 2.47. The summed E-state index contributed by atoms with van der Waals surface area (Å²) in [6.07, 6.45) is 0.781. The van der Waals surface area contributed by atoms with Crippen molar-refractivity contribution >= 4 is 40.0 Å². The smallest absolute Gasteiger partial charge is 0.314 e. The number of rotatable bonds is 6. The molecule has 1 aliphatic heterocycles. The normalized spacial score (nSPS) is 16.9. The zero-order chi connectivity index (χ0) is 24.5. The molecular formula is C20H16BrF2N7O3S. The van der Waals surface area contributed by atoms with Crippen molar-refractivity contribution in [3.05, 3.63) is 51.0 Å². The number of aromatic nitrogens is 4. The number of hydrogen-bond acceptors (Lipinski definition) is 7. The summed E-state index contributed by atoms with van der Waals surface area (Å²) >= 11 is 8.06. The highest BCUT2D eigenvalue weighted by Crippen LogP contribution is 2.31. The Morgan fingerprint density at radius 1 is 1.38 bits per heavy atom. The van der Waals surface area contributed by atoms with Crippen LogP contribution >= 0.6 is 28.1 Å². The predicted molar refractivity (Wildman–Crippen MR) is 119 cm³/mol. The van der Waals surface area contributed by atoms with Crippen molar-refractivity contribution in [1.29, 1.82) is 5.26 Å². The van der Waals surface area contributed by atoms with Crippen molar-refractivity contribution in [3.8, 4) is 17.5 Å². The van der Waals surface area contributed by atoms with E-state index in [4.69, 9.17) is 22.0 Å². The largest absolute Gasteiger partial charge is 0.348 e. The zero-order valence-electron chi connectivity index (χ0n) is 17.3. The quantitative estimate of drug-likeness (QED) is 0.450. The van der Waals surface area contributed by atoms with Crippen LogP contribution in [-0.2, 0) is 11.3 Å². The maximum atomic E-state index is 13.5. The van der Waals surface area contributed by atoms with Crippen LogP contribution in [0.2, 0.25) is 0 Å². The van der Waals surface area contributed by atoms with Crippen molar-refractivity contribution in [2.24, 2.45) is 0 Å². The standard InChI is InChI=1S/C20H16BrF2N7O3S/c21-16-14(18(32)25-7-15(31)30-10-20(22,23)5-13(30)6-24)9-29(27-16)8-11-1-3-12(4-2-11)17-26-19(34)33-28-17/h1-4,9,13H,5,7-8,10H2,(H,25,32)(H,26,28,34)/t13-/m0/s1. The van der Waals surface area contributed by atoms with E-state index in [2.05, 4.69) is 36.5 Å². The molecule has 0 radical (unpaired) electrons. The van der Waals surface area contributed by atoms with Gasteiger partial charge in [0.05, 0.1) is 31.3 Å². The summed E-state index contributed by atoms with van der Waals surface area (Å²) in [5.74, 6) is -3.98. The Hall–Kier alpha value is -3.44. The van der Waals surface area contributed by atoms with Crippen molar-refractivity contribution in [3.63, 3.8) is 0 Å². The number of H-pyrrole nitrogens is 1. The van der Waals surface area contributed by atoms with Gasteiger partial charge in [0, 0.05) is 18.2 Å². The lowest BCUT2D eigenvalue weighted by atomic mass is 10.1. The van der Waals surface area contributed by atoms with Gasteiger partial charge in [0.15, 0.2) is 5.82 Å². The maximum absolute atomic E-state index is 13.5. The van der Waals surface area contributed by atoms with Gasteiger partial charge in [-0.2, -0.15) is 15.3 Å². The molecule has 2 amide bonds. The maximum Gasteiger partial charge on any atom is 0.314 e. The lowest BCUT2D eigenvalue weighted by Gasteiger charge is -2.19. The number of nitrogens with one attached hydrogen (secondary N) is 2. The molecule has 34 heavy (non-hydrogen) atoms. The van der Waals surface area contributed by atoms with Crippen LogP contribution in [-0.4, -0.2) is 61.7 Å². The van der Waals surface area contributed by atoms with E-state index in [-0.39, 0.29) is 15.0 Å². The lowest BCUT2D eigenvalue weighted by Crippen LogP contribution is -2.42. The zero-order valence-corrected chi connectivity index (χ0v) is 19.7. The van der Waals surface area contributed by atoms with Crippen molar-refractivity contribution in [1.82, 2.24) is 30.1 Å². The molecule has 2 aromatic heterocycles.